The van der Waals surface area contributed by atoms with Crippen molar-refractivity contribution in [2.75, 3.05) is 13.2 Å². The molecule has 0 saturated carbocycles. The average Bonchev–Trinajstić information content (AvgIpc) is 2.74. The minimum Gasteiger partial charge on any atom is -0.381 e. The first-order valence-corrected chi connectivity index (χ1v) is 5.76. The summed E-state index contributed by atoms with van der Waals surface area (Å²) in [4.78, 5) is 0. The SMILES string of the molecule is Cc1ccc(C(N)CC2CCOC2)cc1F. The van der Waals surface area contributed by atoms with E-state index in [1.165, 1.54) is 0 Å². The predicted octanol–water partition coefficient (Wildman–Crippen LogP) is 2.56. The van der Waals surface area contributed by atoms with Crippen LogP contribution in [0.1, 0.15) is 30.0 Å². The molecule has 2 N–H and O–H groups in total. The molecule has 1 aromatic carbocycles. The first-order valence-electron chi connectivity index (χ1n) is 5.76. The van der Waals surface area contributed by atoms with Crippen LogP contribution in [-0.2, 0) is 4.74 Å². The zero-order valence-corrected chi connectivity index (χ0v) is 9.58. The van der Waals surface area contributed by atoms with Crippen molar-refractivity contribution in [3.05, 3.63) is 35.1 Å². The molecule has 2 unspecified atom stereocenters. The predicted molar refractivity (Wildman–Crippen MR) is 61.6 cm³/mol. The molecule has 3 heteroatoms. The molecule has 88 valence electrons. The van der Waals surface area contributed by atoms with Gasteiger partial charge in [-0.2, -0.15) is 0 Å². The Hall–Kier alpha value is -0.930. The fraction of sp³-hybridized carbons (Fsp3) is 0.538. The van der Waals surface area contributed by atoms with Crippen molar-refractivity contribution in [1.82, 2.24) is 0 Å². The molecule has 1 aromatic rings. The number of halogens is 1. The monoisotopic (exact) mass is 223 g/mol. The molecule has 0 aromatic heterocycles. The van der Waals surface area contributed by atoms with Crippen LogP contribution in [-0.4, -0.2) is 13.2 Å². The molecule has 1 saturated heterocycles. The van der Waals surface area contributed by atoms with Gasteiger partial charge in [0.1, 0.15) is 5.82 Å². The van der Waals surface area contributed by atoms with Crippen molar-refractivity contribution in [1.29, 1.82) is 0 Å². The fourth-order valence-corrected chi connectivity index (χ4v) is 2.10. The number of benzene rings is 1. The third-order valence-corrected chi connectivity index (χ3v) is 3.24. The number of rotatable bonds is 3. The molecule has 2 nitrogen and oxygen atoms in total. The third kappa shape index (κ3) is 2.60. The second-order valence-electron chi connectivity index (χ2n) is 4.58. The van der Waals surface area contributed by atoms with Crippen LogP contribution in [0.3, 0.4) is 0 Å². The summed E-state index contributed by atoms with van der Waals surface area (Å²) in [6.45, 7) is 3.39. The molecule has 2 rings (SSSR count). The normalized spacial score (nSPS) is 22.3. The van der Waals surface area contributed by atoms with Gasteiger partial charge in [0.15, 0.2) is 0 Å². The zero-order valence-electron chi connectivity index (χ0n) is 9.58. The topological polar surface area (TPSA) is 35.2 Å². The number of nitrogens with two attached hydrogens (primary N) is 1. The lowest BCUT2D eigenvalue weighted by Gasteiger charge is -2.16. The fourth-order valence-electron chi connectivity index (χ4n) is 2.10. The van der Waals surface area contributed by atoms with Crippen molar-refractivity contribution in [3.63, 3.8) is 0 Å². The minimum absolute atomic E-state index is 0.0817. The summed E-state index contributed by atoms with van der Waals surface area (Å²) in [5.74, 6) is 0.356. The van der Waals surface area contributed by atoms with E-state index in [1.54, 1.807) is 19.1 Å². The molecule has 0 spiro atoms. The summed E-state index contributed by atoms with van der Waals surface area (Å²) in [6.07, 6.45) is 1.95. The highest BCUT2D eigenvalue weighted by Crippen LogP contribution is 2.25. The van der Waals surface area contributed by atoms with E-state index in [4.69, 9.17) is 10.5 Å². The van der Waals surface area contributed by atoms with Crippen molar-refractivity contribution in [3.8, 4) is 0 Å². The Morgan fingerprint density at radius 2 is 2.38 bits per heavy atom. The maximum Gasteiger partial charge on any atom is 0.126 e. The molecule has 2 atom stereocenters. The quantitative estimate of drug-likeness (QED) is 0.854. The van der Waals surface area contributed by atoms with E-state index in [0.717, 1.165) is 31.6 Å². The Balaban J connectivity index is 2.02. The molecular weight excluding hydrogens is 205 g/mol. The van der Waals surface area contributed by atoms with Crippen molar-refractivity contribution >= 4 is 0 Å². The highest BCUT2D eigenvalue weighted by Gasteiger charge is 2.19. The number of hydrogen-bond donors (Lipinski definition) is 1. The number of hydrogen-bond acceptors (Lipinski definition) is 2. The van der Waals surface area contributed by atoms with E-state index in [9.17, 15) is 4.39 Å². The van der Waals surface area contributed by atoms with E-state index in [2.05, 4.69) is 0 Å². The van der Waals surface area contributed by atoms with E-state index in [0.29, 0.717) is 11.5 Å². The lowest BCUT2D eigenvalue weighted by Crippen LogP contribution is -2.16. The van der Waals surface area contributed by atoms with Crippen LogP contribution in [0.15, 0.2) is 18.2 Å². The van der Waals surface area contributed by atoms with E-state index in [1.807, 2.05) is 6.07 Å². The van der Waals surface area contributed by atoms with E-state index >= 15 is 0 Å². The Labute approximate surface area is 95.6 Å². The van der Waals surface area contributed by atoms with Gasteiger partial charge in [-0.05, 0) is 42.9 Å². The summed E-state index contributed by atoms with van der Waals surface area (Å²) in [6, 6.07) is 5.17. The van der Waals surface area contributed by atoms with Crippen LogP contribution in [0.2, 0.25) is 0 Å². The van der Waals surface area contributed by atoms with Gasteiger partial charge in [0.05, 0.1) is 0 Å². The van der Waals surface area contributed by atoms with Crippen LogP contribution < -0.4 is 5.73 Å². The van der Waals surface area contributed by atoms with Gasteiger partial charge >= 0.3 is 0 Å². The lowest BCUT2D eigenvalue weighted by molar-refractivity contribution is 0.182. The molecule has 1 heterocycles. The van der Waals surface area contributed by atoms with Gasteiger partial charge < -0.3 is 10.5 Å². The smallest absolute Gasteiger partial charge is 0.126 e. The third-order valence-electron chi connectivity index (χ3n) is 3.24. The largest absolute Gasteiger partial charge is 0.381 e. The van der Waals surface area contributed by atoms with Gasteiger partial charge in [-0.25, -0.2) is 4.39 Å². The van der Waals surface area contributed by atoms with Crippen molar-refractivity contribution in [2.45, 2.75) is 25.8 Å². The van der Waals surface area contributed by atoms with Gasteiger partial charge in [0.25, 0.3) is 0 Å². The second-order valence-corrected chi connectivity index (χ2v) is 4.58. The standard InChI is InChI=1S/C13H18FNO/c1-9-2-3-11(7-12(9)14)13(15)6-10-4-5-16-8-10/h2-3,7,10,13H,4-6,8,15H2,1H3. The van der Waals surface area contributed by atoms with Gasteiger partial charge in [-0.3, -0.25) is 0 Å². The van der Waals surface area contributed by atoms with Crippen LogP contribution in [0.5, 0.6) is 0 Å². The van der Waals surface area contributed by atoms with Gasteiger partial charge in [-0.1, -0.05) is 12.1 Å². The molecule has 1 aliphatic rings. The second kappa shape index (κ2) is 4.93. The molecule has 0 radical (unpaired) electrons. The zero-order chi connectivity index (χ0) is 11.5. The number of ether oxygens (including phenoxy) is 1. The van der Waals surface area contributed by atoms with Gasteiger partial charge in [-0.15, -0.1) is 0 Å². The first-order chi connectivity index (χ1) is 7.66. The van der Waals surface area contributed by atoms with Crippen LogP contribution in [0.4, 0.5) is 4.39 Å². The molecule has 0 aliphatic carbocycles. The summed E-state index contributed by atoms with van der Waals surface area (Å²) in [7, 11) is 0. The van der Waals surface area contributed by atoms with Gasteiger partial charge in [0, 0.05) is 19.3 Å². The lowest BCUT2D eigenvalue weighted by atomic mass is 9.94. The molecule has 0 amide bonds. The van der Waals surface area contributed by atoms with Crippen LogP contribution in [0.25, 0.3) is 0 Å². The maximum atomic E-state index is 13.4. The van der Waals surface area contributed by atoms with Crippen molar-refractivity contribution in [2.24, 2.45) is 11.7 Å². The van der Waals surface area contributed by atoms with E-state index in [-0.39, 0.29) is 11.9 Å². The molecule has 16 heavy (non-hydrogen) atoms. The highest BCUT2D eigenvalue weighted by molar-refractivity contribution is 5.25. The molecule has 1 aliphatic heterocycles. The Kier molecular flexibility index (Phi) is 3.56. The summed E-state index contributed by atoms with van der Waals surface area (Å²) < 4.78 is 18.7. The first kappa shape index (κ1) is 11.6. The summed E-state index contributed by atoms with van der Waals surface area (Å²) in [5, 5.41) is 0. The minimum atomic E-state index is -0.171. The Morgan fingerprint density at radius 1 is 1.56 bits per heavy atom. The average molecular weight is 223 g/mol. The maximum absolute atomic E-state index is 13.4. The summed E-state index contributed by atoms with van der Waals surface area (Å²) >= 11 is 0. The van der Waals surface area contributed by atoms with Crippen LogP contribution in [0, 0.1) is 18.7 Å². The Bertz CT molecular complexity index is 361. The Morgan fingerprint density at radius 3 is 3.00 bits per heavy atom. The molecule has 1 fully saturated rings. The summed E-state index contributed by atoms with van der Waals surface area (Å²) in [5.41, 5.74) is 7.62. The van der Waals surface area contributed by atoms with Gasteiger partial charge in [0.2, 0.25) is 0 Å². The van der Waals surface area contributed by atoms with Crippen LogP contribution >= 0.6 is 0 Å². The van der Waals surface area contributed by atoms with Crippen molar-refractivity contribution < 1.29 is 9.13 Å². The molecule has 0 bridgehead atoms. The molecular formula is C13H18FNO. The highest BCUT2D eigenvalue weighted by atomic mass is 19.1. The number of aryl methyl sites for hydroxylation is 1. The van der Waals surface area contributed by atoms with E-state index < -0.39 is 0 Å².